The zero-order valence-corrected chi connectivity index (χ0v) is 12.0. The largest absolute Gasteiger partial charge is 0.488 e. The van der Waals surface area contributed by atoms with Crippen molar-refractivity contribution < 1.29 is 23.4 Å². The fourth-order valence-corrected chi connectivity index (χ4v) is 2.15. The molecule has 0 saturated carbocycles. The first-order valence-corrected chi connectivity index (χ1v) is 7.06. The number of rotatable bonds is 6. The Labute approximate surface area is 123 Å². The maximum absolute atomic E-state index is 13.2. The Morgan fingerprint density at radius 2 is 2.38 bits per heavy atom. The van der Waals surface area contributed by atoms with Crippen LogP contribution in [0, 0.1) is 5.82 Å². The van der Waals surface area contributed by atoms with Crippen molar-refractivity contribution >= 4 is 5.91 Å². The third-order valence-corrected chi connectivity index (χ3v) is 3.16. The summed E-state index contributed by atoms with van der Waals surface area (Å²) in [6.45, 7) is 3.25. The summed E-state index contributed by atoms with van der Waals surface area (Å²) in [7, 11) is 0. The van der Waals surface area contributed by atoms with Gasteiger partial charge in [-0.3, -0.25) is 4.79 Å². The molecule has 1 aliphatic heterocycles. The predicted molar refractivity (Wildman–Crippen MR) is 74.7 cm³/mol. The monoisotopic (exact) mass is 297 g/mol. The van der Waals surface area contributed by atoms with Gasteiger partial charge >= 0.3 is 0 Å². The van der Waals surface area contributed by atoms with E-state index >= 15 is 0 Å². The van der Waals surface area contributed by atoms with E-state index in [2.05, 4.69) is 5.32 Å². The number of hydrogen-bond acceptors (Lipinski definition) is 4. The van der Waals surface area contributed by atoms with Crippen LogP contribution in [-0.2, 0) is 14.3 Å². The quantitative estimate of drug-likeness (QED) is 0.865. The van der Waals surface area contributed by atoms with Crippen molar-refractivity contribution in [2.24, 2.45) is 0 Å². The molecule has 0 bridgehead atoms. The summed E-state index contributed by atoms with van der Waals surface area (Å²) in [4.78, 5) is 11.7. The van der Waals surface area contributed by atoms with Crippen LogP contribution >= 0.6 is 0 Å². The van der Waals surface area contributed by atoms with E-state index in [1.54, 1.807) is 12.1 Å². The first kappa shape index (κ1) is 15.7. The number of carbonyl (C=O) groups is 1. The molecular formula is C15H20FNO4. The van der Waals surface area contributed by atoms with Gasteiger partial charge in [-0.1, -0.05) is 6.07 Å². The highest BCUT2D eigenvalue weighted by Gasteiger charge is 2.29. The predicted octanol–water partition coefficient (Wildman–Crippen LogP) is 1.51. The van der Waals surface area contributed by atoms with Crippen molar-refractivity contribution in [3.05, 3.63) is 30.1 Å². The maximum atomic E-state index is 13.2. The minimum Gasteiger partial charge on any atom is -0.488 e. The molecule has 1 fully saturated rings. The molecule has 1 N–H and O–H groups in total. The zero-order chi connectivity index (χ0) is 15.1. The number of halogens is 1. The fourth-order valence-electron chi connectivity index (χ4n) is 2.15. The van der Waals surface area contributed by atoms with E-state index in [1.165, 1.54) is 12.1 Å². The highest BCUT2D eigenvalue weighted by Crippen LogP contribution is 2.19. The van der Waals surface area contributed by atoms with Crippen molar-refractivity contribution in [1.82, 2.24) is 5.32 Å². The van der Waals surface area contributed by atoms with Crippen molar-refractivity contribution in [2.75, 3.05) is 26.4 Å². The van der Waals surface area contributed by atoms with E-state index in [1.807, 2.05) is 6.92 Å². The van der Waals surface area contributed by atoms with Gasteiger partial charge in [0.1, 0.15) is 24.3 Å². The lowest BCUT2D eigenvalue weighted by Gasteiger charge is -2.32. The van der Waals surface area contributed by atoms with E-state index in [0.29, 0.717) is 32.0 Å². The Kier molecular flexibility index (Phi) is 5.95. The van der Waals surface area contributed by atoms with Gasteiger partial charge in [0, 0.05) is 19.1 Å². The Hall–Kier alpha value is -1.66. The summed E-state index contributed by atoms with van der Waals surface area (Å²) in [5.74, 6) is -0.109. The molecule has 2 unspecified atom stereocenters. The molecule has 1 aliphatic rings. The Bertz CT molecular complexity index is 469. The molecule has 5 nitrogen and oxygen atoms in total. The molecule has 6 heteroatoms. The third kappa shape index (κ3) is 4.99. The number of amides is 1. The van der Waals surface area contributed by atoms with E-state index < -0.39 is 0 Å². The fraction of sp³-hybridized carbons (Fsp3) is 0.533. The summed E-state index contributed by atoms with van der Waals surface area (Å²) in [5, 5.41) is 2.83. The maximum Gasteiger partial charge on any atom is 0.246 e. The second-order valence-corrected chi connectivity index (χ2v) is 4.79. The van der Waals surface area contributed by atoms with Gasteiger partial charge in [-0.15, -0.1) is 0 Å². The number of carbonyl (C=O) groups excluding carboxylic acids is 1. The normalized spacial score (nSPS) is 21.8. The van der Waals surface area contributed by atoms with Crippen molar-refractivity contribution in [2.45, 2.75) is 25.5 Å². The van der Waals surface area contributed by atoms with E-state index in [0.717, 1.165) is 0 Å². The van der Waals surface area contributed by atoms with Gasteiger partial charge in [0.15, 0.2) is 0 Å². The number of ether oxygens (including phenoxy) is 3. The number of hydrogen-bond donors (Lipinski definition) is 1. The minimum atomic E-state index is -0.350. The van der Waals surface area contributed by atoms with Crippen LogP contribution in [0.15, 0.2) is 24.3 Å². The van der Waals surface area contributed by atoms with Gasteiger partial charge in [-0.25, -0.2) is 4.39 Å². The van der Waals surface area contributed by atoms with Crippen molar-refractivity contribution in [3.8, 4) is 5.75 Å². The molecule has 2 rings (SSSR count). The lowest BCUT2D eigenvalue weighted by Crippen LogP contribution is -2.52. The molecular weight excluding hydrogens is 277 g/mol. The van der Waals surface area contributed by atoms with Crippen LogP contribution in [-0.4, -0.2) is 44.5 Å². The third-order valence-electron chi connectivity index (χ3n) is 3.16. The van der Waals surface area contributed by atoms with E-state index in [9.17, 15) is 9.18 Å². The molecule has 1 aromatic carbocycles. The molecule has 21 heavy (non-hydrogen) atoms. The lowest BCUT2D eigenvalue weighted by atomic mass is 10.1. The smallest absolute Gasteiger partial charge is 0.246 e. The molecule has 1 heterocycles. The van der Waals surface area contributed by atoms with Crippen LogP contribution in [0.3, 0.4) is 0 Å². The summed E-state index contributed by atoms with van der Waals surface area (Å²) in [6.07, 6.45) is 0.391. The lowest BCUT2D eigenvalue weighted by molar-refractivity contribution is -0.128. The Morgan fingerprint density at radius 3 is 3.14 bits per heavy atom. The van der Waals surface area contributed by atoms with Gasteiger partial charge in [-0.05, 0) is 19.1 Å². The van der Waals surface area contributed by atoms with Crippen LogP contribution in [0.2, 0.25) is 0 Å². The van der Waals surface area contributed by atoms with Gasteiger partial charge in [0.25, 0.3) is 0 Å². The van der Waals surface area contributed by atoms with Crippen LogP contribution < -0.4 is 10.1 Å². The van der Waals surface area contributed by atoms with E-state index in [4.69, 9.17) is 14.2 Å². The molecule has 1 amide bonds. The molecule has 116 valence electrons. The van der Waals surface area contributed by atoms with Crippen LogP contribution in [0.25, 0.3) is 0 Å². The summed E-state index contributed by atoms with van der Waals surface area (Å²) in [6, 6.07) is 5.70. The van der Waals surface area contributed by atoms with Gasteiger partial charge in [-0.2, -0.15) is 0 Å². The van der Waals surface area contributed by atoms with Crippen molar-refractivity contribution in [1.29, 1.82) is 0 Å². The second-order valence-electron chi connectivity index (χ2n) is 4.79. The van der Waals surface area contributed by atoms with Crippen molar-refractivity contribution in [3.63, 3.8) is 0 Å². The molecule has 1 saturated heterocycles. The summed E-state index contributed by atoms with van der Waals surface area (Å²) >= 11 is 0. The first-order chi connectivity index (χ1) is 10.2. The molecule has 0 spiro atoms. The number of benzene rings is 1. The molecule has 0 aliphatic carbocycles. The summed E-state index contributed by atoms with van der Waals surface area (Å²) in [5.41, 5.74) is 0. The van der Waals surface area contributed by atoms with Gasteiger partial charge in [0.2, 0.25) is 5.91 Å². The summed E-state index contributed by atoms with van der Waals surface area (Å²) < 4.78 is 29.4. The minimum absolute atomic E-state index is 0.0136. The second kappa shape index (κ2) is 7.95. The Morgan fingerprint density at radius 1 is 1.52 bits per heavy atom. The Balaban J connectivity index is 1.93. The van der Waals surface area contributed by atoms with Gasteiger partial charge in [0.05, 0.1) is 19.3 Å². The molecule has 1 aromatic rings. The molecule has 2 atom stereocenters. The van der Waals surface area contributed by atoms with Gasteiger partial charge < -0.3 is 19.5 Å². The van der Waals surface area contributed by atoms with Crippen LogP contribution in [0.4, 0.5) is 4.39 Å². The highest BCUT2D eigenvalue weighted by atomic mass is 19.1. The van der Waals surface area contributed by atoms with E-state index in [-0.39, 0.29) is 30.5 Å². The molecule has 0 radical (unpaired) electrons. The van der Waals surface area contributed by atoms with Crippen LogP contribution in [0.1, 0.15) is 13.3 Å². The SMILES string of the molecule is CCOCC(=O)NC1COCCC1Oc1cccc(F)c1. The number of nitrogens with one attached hydrogen (secondary N) is 1. The average molecular weight is 297 g/mol. The highest BCUT2D eigenvalue weighted by molar-refractivity contribution is 5.77. The first-order valence-electron chi connectivity index (χ1n) is 7.06. The molecule has 0 aromatic heterocycles. The van der Waals surface area contributed by atoms with Crippen LogP contribution in [0.5, 0.6) is 5.75 Å². The zero-order valence-electron chi connectivity index (χ0n) is 12.0. The average Bonchev–Trinajstić information content (AvgIpc) is 2.47. The topological polar surface area (TPSA) is 56.8 Å². The standard InChI is InChI=1S/C15H20FNO4/c1-2-19-10-15(18)17-13-9-20-7-6-14(13)21-12-5-3-4-11(16)8-12/h3-5,8,13-14H,2,6-7,9-10H2,1H3,(H,17,18).